The molecule has 0 bridgehead atoms. The Labute approximate surface area is 141 Å². The number of amides is 1. The Morgan fingerprint density at radius 3 is 2.67 bits per heavy atom. The van der Waals surface area contributed by atoms with Crippen LogP contribution in [-0.2, 0) is 27.7 Å². The highest BCUT2D eigenvalue weighted by atomic mass is 32.2. The second-order valence-corrected chi connectivity index (χ2v) is 8.25. The fourth-order valence-electron chi connectivity index (χ4n) is 3.45. The van der Waals surface area contributed by atoms with Crippen molar-refractivity contribution in [2.24, 2.45) is 5.92 Å². The van der Waals surface area contributed by atoms with Crippen LogP contribution in [0.25, 0.3) is 0 Å². The number of carbonyl (C=O) groups is 1. The van der Waals surface area contributed by atoms with Crippen LogP contribution >= 0.6 is 0 Å². The van der Waals surface area contributed by atoms with E-state index in [1.165, 1.54) is 5.56 Å². The van der Waals surface area contributed by atoms with Crippen LogP contribution in [0.15, 0.2) is 45.9 Å². The van der Waals surface area contributed by atoms with Gasteiger partial charge in [0.25, 0.3) is 10.0 Å². The summed E-state index contributed by atoms with van der Waals surface area (Å²) in [4.78, 5) is 12.4. The Bertz CT molecular complexity index is 870. The first-order valence-electron chi connectivity index (χ1n) is 8.26. The molecule has 1 aromatic carbocycles. The molecule has 126 valence electrons. The lowest BCUT2D eigenvalue weighted by atomic mass is 9.92. The molecule has 2 aromatic rings. The lowest BCUT2D eigenvalue weighted by Gasteiger charge is -2.16. The van der Waals surface area contributed by atoms with E-state index in [1.54, 1.807) is 24.5 Å². The number of sulfonamides is 1. The van der Waals surface area contributed by atoms with Gasteiger partial charge in [-0.1, -0.05) is 6.07 Å². The highest BCUT2D eigenvalue weighted by Crippen LogP contribution is 2.47. The third kappa shape index (κ3) is 2.86. The molecule has 2 atom stereocenters. The highest BCUT2D eigenvalue weighted by molar-refractivity contribution is 7.90. The number of nitrogens with one attached hydrogen (secondary N) is 1. The molecule has 0 aliphatic heterocycles. The summed E-state index contributed by atoms with van der Waals surface area (Å²) in [6, 6.07) is 8.76. The minimum atomic E-state index is -3.82. The van der Waals surface area contributed by atoms with Gasteiger partial charge in [-0.3, -0.25) is 4.79 Å². The van der Waals surface area contributed by atoms with E-state index in [2.05, 4.69) is 4.72 Å². The molecule has 24 heavy (non-hydrogen) atoms. The number of hydrogen-bond acceptors (Lipinski definition) is 4. The van der Waals surface area contributed by atoms with Crippen LogP contribution < -0.4 is 4.72 Å². The molecule has 1 saturated carbocycles. The van der Waals surface area contributed by atoms with E-state index >= 15 is 0 Å². The van der Waals surface area contributed by atoms with E-state index < -0.39 is 15.9 Å². The van der Waals surface area contributed by atoms with Crippen LogP contribution in [0.1, 0.15) is 42.1 Å². The minimum absolute atomic E-state index is 0.0151. The van der Waals surface area contributed by atoms with Crippen molar-refractivity contribution in [2.45, 2.75) is 42.9 Å². The summed E-state index contributed by atoms with van der Waals surface area (Å²) in [6.07, 6.45) is 6.30. The molecule has 0 spiro atoms. The third-order valence-electron chi connectivity index (χ3n) is 4.90. The largest absolute Gasteiger partial charge is 0.469 e. The second-order valence-electron chi connectivity index (χ2n) is 6.57. The van der Waals surface area contributed by atoms with Gasteiger partial charge in [-0.2, -0.15) is 0 Å². The van der Waals surface area contributed by atoms with Crippen molar-refractivity contribution in [1.82, 2.24) is 4.72 Å². The smallest absolute Gasteiger partial charge is 0.264 e. The van der Waals surface area contributed by atoms with Gasteiger partial charge in [0.1, 0.15) is 5.76 Å². The number of carbonyl (C=O) groups excluding carboxylic acids is 1. The van der Waals surface area contributed by atoms with Crippen molar-refractivity contribution < 1.29 is 17.6 Å². The second kappa shape index (κ2) is 5.77. The molecule has 1 amide bonds. The number of aryl methyl sites for hydroxylation is 2. The van der Waals surface area contributed by atoms with E-state index in [0.717, 1.165) is 37.0 Å². The zero-order valence-corrected chi connectivity index (χ0v) is 14.0. The lowest BCUT2D eigenvalue weighted by molar-refractivity contribution is -0.120. The molecule has 6 heteroatoms. The molecule has 2 aliphatic carbocycles. The maximum atomic E-state index is 12.5. The van der Waals surface area contributed by atoms with Crippen LogP contribution in [0.2, 0.25) is 0 Å². The van der Waals surface area contributed by atoms with E-state index in [-0.39, 0.29) is 16.7 Å². The number of hydrogen-bond donors (Lipinski definition) is 1. The maximum absolute atomic E-state index is 12.5. The Balaban J connectivity index is 1.48. The van der Waals surface area contributed by atoms with Gasteiger partial charge in [0.15, 0.2) is 0 Å². The molecule has 0 saturated heterocycles. The lowest BCUT2D eigenvalue weighted by Crippen LogP contribution is -2.32. The van der Waals surface area contributed by atoms with E-state index in [9.17, 15) is 13.2 Å². The predicted molar refractivity (Wildman–Crippen MR) is 88.0 cm³/mol. The normalized spacial score (nSPS) is 22.7. The van der Waals surface area contributed by atoms with Gasteiger partial charge < -0.3 is 4.42 Å². The Hall–Kier alpha value is -2.08. The van der Waals surface area contributed by atoms with Crippen LogP contribution in [0.3, 0.4) is 0 Å². The molecule has 0 radical (unpaired) electrons. The van der Waals surface area contributed by atoms with Gasteiger partial charge in [0, 0.05) is 11.8 Å². The van der Waals surface area contributed by atoms with Gasteiger partial charge in [-0.05, 0) is 67.5 Å². The minimum Gasteiger partial charge on any atom is -0.469 e. The summed E-state index contributed by atoms with van der Waals surface area (Å²) in [5, 5.41) is 0. The molecule has 0 unspecified atom stereocenters. The molecule has 1 aromatic heterocycles. The molecule has 1 fully saturated rings. The number of benzene rings is 1. The van der Waals surface area contributed by atoms with Gasteiger partial charge in [0.05, 0.1) is 11.2 Å². The zero-order valence-electron chi connectivity index (χ0n) is 13.2. The summed E-state index contributed by atoms with van der Waals surface area (Å²) in [5.74, 6) is -0.0577. The van der Waals surface area contributed by atoms with Crippen LogP contribution in [-0.4, -0.2) is 14.3 Å². The van der Waals surface area contributed by atoms with Crippen molar-refractivity contribution >= 4 is 15.9 Å². The molecule has 5 nitrogen and oxygen atoms in total. The fraction of sp³-hybridized carbons (Fsp3) is 0.389. The average molecular weight is 345 g/mol. The number of fused-ring (bicyclic) bond motifs is 1. The van der Waals surface area contributed by atoms with Crippen molar-refractivity contribution in [3.8, 4) is 0 Å². The molecule has 1 N–H and O–H groups in total. The van der Waals surface area contributed by atoms with Crippen molar-refractivity contribution in [1.29, 1.82) is 0 Å². The summed E-state index contributed by atoms with van der Waals surface area (Å²) >= 11 is 0. The fourth-order valence-corrected chi connectivity index (χ4v) is 4.52. The predicted octanol–water partition coefficient (Wildman–Crippen LogP) is 2.77. The van der Waals surface area contributed by atoms with E-state index in [0.29, 0.717) is 6.42 Å². The van der Waals surface area contributed by atoms with Gasteiger partial charge in [0.2, 0.25) is 5.91 Å². The summed E-state index contributed by atoms with van der Waals surface area (Å²) in [7, 11) is -3.82. The van der Waals surface area contributed by atoms with E-state index in [1.807, 2.05) is 12.1 Å². The van der Waals surface area contributed by atoms with Gasteiger partial charge >= 0.3 is 0 Å². The van der Waals surface area contributed by atoms with Crippen molar-refractivity contribution in [3.05, 3.63) is 53.5 Å². The summed E-state index contributed by atoms with van der Waals surface area (Å²) in [6.45, 7) is 0. The highest BCUT2D eigenvalue weighted by Gasteiger charge is 2.47. The van der Waals surface area contributed by atoms with Crippen LogP contribution in [0.5, 0.6) is 0 Å². The quantitative estimate of drug-likeness (QED) is 0.924. The van der Waals surface area contributed by atoms with E-state index in [4.69, 9.17) is 4.42 Å². The first kappa shape index (κ1) is 15.4. The Kier molecular flexibility index (Phi) is 3.72. The molecular formula is C18H19NO4S. The van der Waals surface area contributed by atoms with Gasteiger partial charge in [-0.25, -0.2) is 13.1 Å². The first-order chi connectivity index (χ1) is 11.5. The van der Waals surface area contributed by atoms with Crippen LogP contribution in [0, 0.1) is 5.92 Å². The standard InChI is InChI=1S/C18H19NO4S/c20-18(16-11-15(16)17-6-3-9-23-17)19-24(21,22)14-8-7-12-4-1-2-5-13(12)10-14/h3,6-10,15-16H,1-2,4-5,11H2,(H,19,20)/t15-,16+/m0/s1. The maximum Gasteiger partial charge on any atom is 0.264 e. The number of furan rings is 1. The topological polar surface area (TPSA) is 76.4 Å². The van der Waals surface area contributed by atoms with Crippen molar-refractivity contribution in [3.63, 3.8) is 0 Å². The van der Waals surface area contributed by atoms with Gasteiger partial charge in [-0.15, -0.1) is 0 Å². The Morgan fingerprint density at radius 2 is 1.92 bits per heavy atom. The third-order valence-corrected chi connectivity index (χ3v) is 6.25. The summed E-state index contributed by atoms with van der Waals surface area (Å²) < 4.78 is 32.5. The van der Waals surface area contributed by atoms with Crippen molar-refractivity contribution in [2.75, 3.05) is 0 Å². The van der Waals surface area contributed by atoms with Crippen LogP contribution in [0.4, 0.5) is 0 Å². The first-order valence-corrected chi connectivity index (χ1v) is 9.75. The summed E-state index contributed by atoms with van der Waals surface area (Å²) in [5.41, 5.74) is 2.29. The number of rotatable bonds is 4. The molecular weight excluding hydrogens is 326 g/mol. The monoisotopic (exact) mass is 345 g/mol. The Morgan fingerprint density at radius 1 is 1.12 bits per heavy atom. The molecule has 1 heterocycles. The molecule has 4 rings (SSSR count). The SMILES string of the molecule is O=C(NS(=O)(=O)c1ccc2c(c1)CCCC2)[C@@H]1C[C@@H]1c1ccco1. The average Bonchev–Trinajstić information content (AvgIpc) is 3.20. The molecule has 2 aliphatic rings. The zero-order chi connectivity index (χ0) is 16.7.